The number of hydrogen-bond donors (Lipinski definition) is 2. The second-order valence-corrected chi connectivity index (χ2v) is 8.82. The van der Waals surface area contributed by atoms with Crippen LogP contribution >= 0.6 is 11.6 Å². The van der Waals surface area contributed by atoms with Crippen molar-refractivity contribution in [3.63, 3.8) is 0 Å². The van der Waals surface area contributed by atoms with E-state index in [4.69, 9.17) is 16.3 Å². The molecule has 5 rings (SSSR count). The number of nitrogens with zero attached hydrogens (tertiary/aromatic N) is 2. The lowest BCUT2D eigenvalue weighted by molar-refractivity contribution is -0.122. The summed E-state index contributed by atoms with van der Waals surface area (Å²) in [6.07, 6.45) is 4.67. The molecule has 4 aromatic rings. The van der Waals surface area contributed by atoms with Gasteiger partial charge in [0.1, 0.15) is 18.2 Å². The highest BCUT2D eigenvalue weighted by molar-refractivity contribution is 6.31. The Balaban J connectivity index is 1.59. The van der Waals surface area contributed by atoms with Crippen LogP contribution in [0.15, 0.2) is 84.0 Å². The number of imide groups is 1. The van der Waals surface area contributed by atoms with Crippen LogP contribution in [0.25, 0.3) is 16.8 Å². The first-order valence-electron chi connectivity index (χ1n) is 11.3. The summed E-state index contributed by atoms with van der Waals surface area (Å²) in [4.78, 5) is 41.9. The number of nitrogens with one attached hydrogen (secondary N) is 2. The summed E-state index contributed by atoms with van der Waals surface area (Å²) in [6, 6.07) is 15.5. The molecule has 0 saturated carbocycles. The number of amides is 3. The second-order valence-electron chi connectivity index (χ2n) is 8.38. The Labute approximate surface area is 215 Å². The maximum absolute atomic E-state index is 14.0. The van der Waals surface area contributed by atoms with Crippen LogP contribution in [0.1, 0.15) is 17.0 Å². The summed E-state index contributed by atoms with van der Waals surface area (Å²) >= 11 is 6.37. The molecule has 1 atom stereocenters. The molecule has 10 heteroatoms. The number of pyridine rings is 2. The van der Waals surface area contributed by atoms with E-state index in [0.29, 0.717) is 33.1 Å². The molecule has 2 N–H and O–H groups in total. The first kappa shape index (κ1) is 24.2. The van der Waals surface area contributed by atoms with E-state index in [1.54, 1.807) is 67.0 Å². The van der Waals surface area contributed by atoms with Gasteiger partial charge < -0.3 is 10.1 Å². The number of rotatable bonds is 6. The maximum atomic E-state index is 14.0. The lowest BCUT2D eigenvalue weighted by atomic mass is 9.95. The summed E-state index contributed by atoms with van der Waals surface area (Å²) in [6.45, 7) is 0.0379. The van der Waals surface area contributed by atoms with Crippen LogP contribution in [0.5, 0.6) is 5.75 Å². The number of halogens is 2. The largest absolute Gasteiger partial charge is 0.489 e. The highest BCUT2D eigenvalue weighted by Gasteiger charge is 2.29. The van der Waals surface area contributed by atoms with Crippen molar-refractivity contribution in [2.45, 2.75) is 12.5 Å². The first-order valence-corrected chi connectivity index (χ1v) is 11.7. The zero-order chi connectivity index (χ0) is 25.9. The fourth-order valence-electron chi connectivity index (χ4n) is 4.07. The minimum absolute atomic E-state index is 0.0334. The van der Waals surface area contributed by atoms with Crippen LogP contribution in [-0.4, -0.2) is 28.0 Å². The van der Waals surface area contributed by atoms with Crippen LogP contribution in [0.3, 0.4) is 0 Å². The van der Waals surface area contributed by atoms with Crippen molar-refractivity contribution in [3.8, 4) is 22.6 Å². The number of ether oxygens (including phenoxy) is 1. The molecule has 0 bridgehead atoms. The van der Waals surface area contributed by atoms with Gasteiger partial charge in [0.15, 0.2) is 0 Å². The first-order chi connectivity index (χ1) is 17.9. The Morgan fingerprint density at radius 1 is 1.08 bits per heavy atom. The summed E-state index contributed by atoms with van der Waals surface area (Å²) in [5.74, 6) is -1.26. The molecule has 1 saturated heterocycles. The molecule has 2 aromatic carbocycles. The van der Waals surface area contributed by atoms with E-state index in [0.717, 1.165) is 0 Å². The van der Waals surface area contributed by atoms with Crippen molar-refractivity contribution in [1.82, 2.24) is 20.2 Å². The topological polar surface area (TPSA) is 102 Å². The number of urea groups is 1. The molecule has 2 aromatic heterocycles. The van der Waals surface area contributed by atoms with Crippen molar-refractivity contribution in [1.29, 1.82) is 0 Å². The third kappa shape index (κ3) is 5.22. The monoisotopic (exact) mass is 518 g/mol. The summed E-state index contributed by atoms with van der Waals surface area (Å²) in [5.41, 5.74) is 1.69. The molecule has 3 heterocycles. The van der Waals surface area contributed by atoms with Gasteiger partial charge in [0.2, 0.25) is 5.91 Å². The predicted octanol–water partition coefficient (Wildman–Crippen LogP) is 4.19. The van der Waals surface area contributed by atoms with Crippen LogP contribution in [0.4, 0.5) is 9.18 Å². The maximum Gasteiger partial charge on any atom is 0.321 e. The van der Waals surface area contributed by atoms with Crippen LogP contribution < -0.4 is 20.9 Å². The number of hydrogen-bond acceptors (Lipinski definition) is 5. The molecule has 0 aliphatic carbocycles. The quantitative estimate of drug-likeness (QED) is 0.398. The number of carbonyl (C=O) groups is 2. The zero-order valence-corrected chi connectivity index (χ0v) is 20.0. The molecule has 1 fully saturated rings. The lowest BCUT2D eigenvalue weighted by Gasteiger charge is -2.23. The molecule has 1 unspecified atom stereocenters. The van der Waals surface area contributed by atoms with Gasteiger partial charge in [-0.2, -0.15) is 0 Å². The molecule has 0 spiro atoms. The summed E-state index contributed by atoms with van der Waals surface area (Å²) in [7, 11) is 0. The van der Waals surface area contributed by atoms with Gasteiger partial charge in [0.25, 0.3) is 5.56 Å². The highest BCUT2D eigenvalue weighted by atomic mass is 35.5. The van der Waals surface area contributed by atoms with Crippen molar-refractivity contribution >= 4 is 23.5 Å². The van der Waals surface area contributed by atoms with Gasteiger partial charge in [-0.15, -0.1) is 0 Å². The third-order valence-electron chi connectivity index (χ3n) is 5.92. The average molecular weight is 519 g/mol. The Morgan fingerprint density at radius 2 is 1.92 bits per heavy atom. The van der Waals surface area contributed by atoms with E-state index in [1.165, 1.54) is 16.8 Å². The lowest BCUT2D eigenvalue weighted by Crippen LogP contribution is -2.51. The van der Waals surface area contributed by atoms with Crippen molar-refractivity contribution in [2.24, 2.45) is 0 Å². The predicted molar refractivity (Wildman–Crippen MR) is 135 cm³/mol. The Hall–Kier alpha value is -4.50. The van der Waals surface area contributed by atoms with E-state index in [1.807, 2.05) is 0 Å². The van der Waals surface area contributed by atoms with E-state index in [2.05, 4.69) is 15.6 Å². The van der Waals surface area contributed by atoms with Gasteiger partial charge >= 0.3 is 6.03 Å². The molecule has 8 nitrogen and oxygen atoms in total. The molecule has 0 radical (unpaired) electrons. The Kier molecular flexibility index (Phi) is 6.70. The normalized spacial score (nSPS) is 15.1. The minimum Gasteiger partial charge on any atom is -0.489 e. The molecular formula is C27H20ClFN4O4. The van der Waals surface area contributed by atoms with Crippen molar-refractivity contribution in [3.05, 3.63) is 112 Å². The molecule has 1 aliphatic heterocycles. The number of benzene rings is 2. The smallest absolute Gasteiger partial charge is 0.321 e. The Bertz CT molecular complexity index is 1560. The molecular weight excluding hydrogens is 499 g/mol. The van der Waals surface area contributed by atoms with Gasteiger partial charge in [-0.05, 0) is 53.6 Å². The van der Waals surface area contributed by atoms with E-state index >= 15 is 0 Å². The van der Waals surface area contributed by atoms with Crippen LogP contribution in [0, 0.1) is 5.82 Å². The van der Waals surface area contributed by atoms with Crippen molar-refractivity contribution in [2.75, 3.05) is 6.54 Å². The highest BCUT2D eigenvalue weighted by Crippen LogP contribution is 2.30. The number of carbonyl (C=O) groups excluding carboxylic acids is 2. The van der Waals surface area contributed by atoms with E-state index in [9.17, 15) is 18.8 Å². The summed E-state index contributed by atoms with van der Waals surface area (Å²) in [5, 5.41) is 5.17. The zero-order valence-electron chi connectivity index (χ0n) is 19.3. The van der Waals surface area contributed by atoms with E-state index in [-0.39, 0.29) is 24.3 Å². The molecule has 186 valence electrons. The van der Waals surface area contributed by atoms with Gasteiger partial charge in [0.05, 0.1) is 17.8 Å². The van der Waals surface area contributed by atoms with Crippen molar-refractivity contribution < 1.29 is 18.7 Å². The van der Waals surface area contributed by atoms with Gasteiger partial charge in [-0.25, -0.2) is 9.18 Å². The van der Waals surface area contributed by atoms with Gasteiger partial charge in [0, 0.05) is 35.1 Å². The minimum atomic E-state index is -0.726. The summed E-state index contributed by atoms with van der Waals surface area (Å²) < 4.78 is 21.2. The molecule has 37 heavy (non-hydrogen) atoms. The van der Waals surface area contributed by atoms with Crippen LogP contribution in [-0.2, 0) is 11.4 Å². The molecule has 3 amide bonds. The van der Waals surface area contributed by atoms with Crippen LogP contribution in [0.2, 0.25) is 5.02 Å². The molecule has 1 aliphatic rings. The van der Waals surface area contributed by atoms with Gasteiger partial charge in [-0.1, -0.05) is 29.8 Å². The average Bonchev–Trinajstić information content (AvgIpc) is 2.89. The van der Waals surface area contributed by atoms with Gasteiger partial charge in [-0.3, -0.25) is 24.5 Å². The number of aromatic nitrogens is 2. The SMILES string of the molecule is O=C1NCC(c2cc(-c3cc(Cl)cc(OCc4ccccc4F)c3)c(=O)n(-c3cccnc3)c2)C(=O)N1. The third-order valence-corrected chi connectivity index (χ3v) is 6.14. The fourth-order valence-corrected chi connectivity index (χ4v) is 4.29. The van der Waals surface area contributed by atoms with E-state index < -0.39 is 23.7 Å². The Morgan fingerprint density at radius 3 is 2.68 bits per heavy atom. The second kappa shape index (κ2) is 10.2. The standard InChI is InChI=1S/C27H20ClFN4O4/c28-19-8-17(9-21(11-19)37-15-16-4-1-2-6-24(16)29)22-10-18(23-13-31-27(36)32-25(23)34)14-33(26(22)35)20-5-3-7-30-12-20/h1-12,14,23H,13,15H2,(H2,31,32,34,36). The fraction of sp³-hybridized carbons (Fsp3) is 0.111.